The zero-order valence-corrected chi connectivity index (χ0v) is 10.4. The maximum atomic E-state index is 5.19. The third kappa shape index (κ3) is 5.05. The largest absolute Gasteiger partial charge is 0.424 e. The minimum Gasteiger partial charge on any atom is -0.424 e. The summed E-state index contributed by atoms with van der Waals surface area (Å²) in [6.45, 7) is 15.2. The molecule has 0 fully saturated rings. The summed E-state index contributed by atoms with van der Waals surface area (Å²) in [7, 11) is 1.74. The van der Waals surface area contributed by atoms with Crippen LogP contribution in [0.5, 0.6) is 0 Å². The summed E-state index contributed by atoms with van der Waals surface area (Å²) >= 11 is 0. The Balaban J connectivity index is 0. The monoisotopic (exact) mass is 210 g/mol. The van der Waals surface area contributed by atoms with Crippen LogP contribution in [0, 0.1) is 0 Å². The van der Waals surface area contributed by atoms with Gasteiger partial charge in [-0.05, 0) is 12.2 Å². The molecular formula is C12H22N2O. The minimum atomic E-state index is 0.481. The molecular weight excluding hydrogens is 188 g/mol. The number of hydrogen-bond donors (Lipinski definition) is 1. The van der Waals surface area contributed by atoms with Crippen molar-refractivity contribution in [3.8, 4) is 0 Å². The van der Waals surface area contributed by atoms with E-state index in [4.69, 9.17) is 4.42 Å². The highest BCUT2D eigenvalue weighted by Gasteiger charge is 2.04. The molecule has 0 aromatic carbocycles. The van der Waals surface area contributed by atoms with Crippen molar-refractivity contribution < 1.29 is 4.42 Å². The topological polar surface area (TPSA) is 38.1 Å². The third-order valence-corrected chi connectivity index (χ3v) is 1.27. The second-order valence-electron chi connectivity index (χ2n) is 1.93. The lowest BCUT2D eigenvalue weighted by Crippen LogP contribution is -1.86. The fourth-order valence-corrected chi connectivity index (χ4v) is 0.743. The maximum Gasteiger partial charge on any atom is 0.295 e. The van der Waals surface area contributed by atoms with Crippen LogP contribution in [-0.4, -0.2) is 12.0 Å². The van der Waals surface area contributed by atoms with E-state index >= 15 is 0 Å². The van der Waals surface area contributed by atoms with E-state index in [-0.39, 0.29) is 0 Å². The molecule has 0 aliphatic heterocycles. The highest BCUT2D eigenvalue weighted by atomic mass is 16.4. The SMILES string of the molecule is C=Cc1nc(NC)oc1C=C.CC.CC. The highest BCUT2D eigenvalue weighted by molar-refractivity contribution is 5.57. The quantitative estimate of drug-likeness (QED) is 0.817. The van der Waals surface area contributed by atoms with Gasteiger partial charge in [-0.1, -0.05) is 40.9 Å². The number of anilines is 1. The van der Waals surface area contributed by atoms with Gasteiger partial charge >= 0.3 is 0 Å². The molecule has 0 spiro atoms. The Morgan fingerprint density at radius 2 is 1.67 bits per heavy atom. The summed E-state index contributed by atoms with van der Waals surface area (Å²) in [6, 6.07) is 0.481. The second kappa shape index (κ2) is 10.6. The van der Waals surface area contributed by atoms with Crippen LogP contribution in [0.1, 0.15) is 39.1 Å². The van der Waals surface area contributed by atoms with Gasteiger partial charge in [0.05, 0.1) is 0 Å². The van der Waals surface area contributed by atoms with Crippen LogP contribution in [-0.2, 0) is 0 Å². The second-order valence-corrected chi connectivity index (χ2v) is 1.93. The van der Waals surface area contributed by atoms with Gasteiger partial charge in [-0.2, -0.15) is 4.98 Å². The van der Waals surface area contributed by atoms with E-state index in [0.717, 1.165) is 0 Å². The van der Waals surface area contributed by atoms with Crippen LogP contribution >= 0.6 is 0 Å². The lowest BCUT2D eigenvalue weighted by Gasteiger charge is -1.85. The zero-order valence-electron chi connectivity index (χ0n) is 10.4. The Kier molecular flexibility index (Phi) is 11.2. The van der Waals surface area contributed by atoms with E-state index in [1.165, 1.54) is 0 Å². The number of rotatable bonds is 3. The lowest BCUT2D eigenvalue weighted by atomic mass is 10.3. The minimum absolute atomic E-state index is 0.481. The molecule has 0 bridgehead atoms. The molecule has 3 nitrogen and oxygen atoms in total. The number of aromatic nitrogens is 1. The molecule has 1 heterocycles. The van der Waals surface area contributed by atoms with Crippen molar-refractivity contribution in [3.63, 3.8) is 0 Å². The Labute approximate surface area is 92.9 Å². The molecule has 0 aliphatic carbocycles. The van der Waals surface area contributed by atoms with Crippen molar-refractivity contribution in [2.75, 3.05) is 12.4 Å². The van der Waals surface area contributed by atoms with Gasteiger partial charge in [-0.25, -0.2) is 0 Å². The van der Waals surface area contributed by atoms with Crippen LogP contribution in [0.2, 0.25) is 0 Å². The lowest BCUT2D eigenvalue weighted by molar-refractivity contribution is 0.565. The van der Waals surface area contributed by atoms with Crippen LogP contribution in [0.4, 0.5) is 6.01 Å². The van der Waals surface area contributed by atoms with Gasteiger partial charge in [-0.15, -0.1) is 0 Å². The fourth-order valence-electron chi connectivity index (χ4n) is 0.743. The van der Waals surface area contributed by atoms with Crippen LogP contribution < -0.4 is 5.32 Å². The Morgan fingerprint density at radius 3 is 1.93 bits per heavy atom. The number of oxazole rings is 1. The van der Waals surface area contributed by atoms with Crippen LogP contribution in [0.25, 0.3) is 12.2 Å². The molecule has 0 amide bonds. The third-order valence-electron chi connectivity index (χ3n) is 1.27. The molecule has 1 rings (SSSR count). The van der Waals surface area contributed by atoms with Gasteiger partial charge in [0.1, 0.15) is 5.69 Å². The molecule has 86 valence electrons. The van der Waals surface area contributed by atoms with E-state index in [2.05, 4.69) is 23.5 Å². The van der Waals surface area contributed by atoms with Crippen molar-refractivity contribution in [3.05, 3.63) is 24.6 Å². The molecule has 0 saturated heterocycles. The molecule has 3 heteroatoms. The van der Waals surface area contributed by atoms with Gasteiger partial charge in [0.25, 0.3) is 6.01 Å². The standard InChI is InChI=1S/C8H10N2O.2C2H6/c1-4-6-7(5-2)11-8(9-3)10-6;2*1-2/h4-5H,1-2H2,3H3,(H,9,10);2*1-2H3. The number of nitrogens with one attached hydrogen (secondary N) is 1. The first-order valence-corrected chi connectivity index (χ1v) is 5.25. The van der Waals surface area contributed by atoms with Crippen molar-refractivity contribution >= 4 is 18.2 Å². The number of hydrogen-bond acceptors (Lipinski definition) is 3. The van der Waals surface area contributed by atoms with Gasteiger partial charge in [0.15, 0.2) is 5.76 Å². The van der Waals surface area contributed by atoms with Crippen molar-refractivity contribution in [1.82, 2.24) is 4.98 Å². The molecule has 0 aliphatic rings. The van der Waals surface area contributed by atoms with E-state index in [1.54, 1.807) is 19.2 Å². The fraction of sp³-hybridized carbons (Fsp3) is 0.417. The molecule has 1 aromatic rings. The summed E-state index contributed by atoms with van der Waals surface area (Å²) in [5.41, 5.74) is 0.712. The van der Waals surface area contributed by atoms with Gasteiger partial charge in [-0.3, -0.25) is 0 Å². The Morgan fingerprint density at radius 1 is 1.13 bits per heavy atom. The number of nitrogens with zero attached hydrogens (tertiary/aromatic N) is 1. The average Bonchev–Trinajstić information content (AvgIpc) is 2.76. The van der Waals surface area contributed by atoms with Gasteiger partial charge in [0, 0.05) is 7.05 Å². The summed E-state index contributed by atoms with van der Waals surface area (Å²) < 4.78 is 5.19. The van der Waals surface area contributed by atoms with Crippen molar-refractivity contribution in [1.29, 1.82) is 0 Å². The zero-order chi connectivity index (χ0) is 12.3. The van der Waals surface area contributed by atoms with Crippen LogP contribution in [0.15, 0.2) is 17.6 Å². The molecule has 0 atom stereocenters. The predicted molar refractivity (Wildman–Crippen MR) is 68.9 cm³/mol. The van der Waals surface area contributed by atoms with Crippen molar-refractivity contribution in [2.45, 2.75) is 27.7 Å². The van der Waals surface area contributed by atoms with Crippen molar-refractivity contribution in [2.24, 2.45) is 0 Å². The summed E-state index contributed by atoms with van der Waals surface area (Å²) in [5, 5.41) is 2.78. The summed E-state index contributed by atoms with van der Waals surface area (Å²) in [6.07, 6.45) is 3.23. The molecule has 15 heavy (non-hydrogen) atoms. The predicted octanol–water partition coefficient (Wildman–Crippen LogP) is 4.05. The highest BCUT2D eigenvalue weighted by Crippen LogP contribution is 2.16. The van der Waals surface area contributed by atoms with Gasteiger partial charge in [0.2, 0.25) is 0 Å². The van der Waals surface area contributed by atoms with E-state index in [1.807, 2.05) is 27.7 Å². The van der Waals surface area contributed by atoms with E-state index < -0.39 is 0 Å². The summed E-state index contributed by atoms with van der Waals surface area (Å²) in [5.74, 6) is 0.643. The first-order valence-electron chi connectivity index (χ1n) is 5.25. The Hall–Kier alpha value is -1.51. The normalized spacial score (nSPS) is 7.53. The molecule has 0 saturated carbocycles. The van der Waals surface area contributed by atoms with E-state index in [0.29, 0.717) is 17.5 Å². The summed E-state index contributed by atoms with van der Waals surface area (Å²) in [4.78, 5) is 4.05. The smallest absolute Gasteiger partial charge is 0.295 e. The van der Waals surface area contributed by atoms with Crippen LogP contribution in [0.3, 0.4) is 0 Å². The molecule has 0 unspecified atom stereocenters. The average molecular weight is 210 g/mol. The first kappa shape index (κ1) is 15.9. The molecule has 1 aromatic heterocycles. The maximum absolute atomic E-state index is 5.19. The van der Waals surface area contributed by atoms with E-state index in [9.17, 15) is 0 Å². The first-order chi connectivity index (χ1) is 7.31. The van der Waals surface area contributed by atoms with Gasteiger partial charge < -0.3 is 9.73 Å². The molecule has 1 N–H and O–H groups in total. The molecule has 0 radical (unpaired) electrons. The Bertz CT molecular complexity index is 252.